The fourth-order valence-corrected chi connectivity index (χ4v) is 1.53. The Kier molecular flexibility index (Phi) is 3.81. The van der Waals surface area contributed by atoms with Crippen LogP contribution in [-0.2, 0) is 14.3 Å². The van der Waals surface area contributed by atoms with Crippen molar-refractivity contribution in [3.05, 3.63) is 0 Å². The van der Waals surface area contributed by atoms with Crippen molar-refractivity contribution in [3.63, 3.8) is 0 Å². The minimum absolute atomic E-state index is 0.468. The summed E-state index contributed by atoms with van der Waals surface area (Å²) < 4.78 is 4.66. The molecule has 8 nitrogen and oxygen atoms in total. The number of aliphatic carboxylic acids is 1. The van der Waals surface area contributed by atoms with E-state index in [1.54, 1.807) is 0 Å². The van der Waals surface area contributed by atoms with Crippen molar-refractivity contribution in [3.8, 4) is 0 Å². The number of aliphatic hydroxyl groups excluding tert-OH is 2. The molecule has 0 unspecified atom stereocenters. The van der Waals surface area contributed by atoms with Crippen molar-refractivity contribution in [2.45, 2.75) is 37.5 Å². The molecule has 0 aromatic rings. The summed E-state index contributed by atoms with van der Waals surface area (Å²) in [5.74, 6) is -1.90. The van der Waals surface area contributed by atoms with Gasteiger partial charge in [-0.15, -0.1) is 0 Å². The first-order chi connectivity index (χ1) is 7.34. The van der Waals surface area contributed by atoms with Gasteiger partial charge in [0.1, 0.15) is 6.10 Å². The Morgan fingerprint density at radius 2 is 1.94 bits per heavy atom. The topological polar surface area (TPSA) is 142 Å². The first-order valence-corrected chi connectivity index (χ1v) is 4.61. The number of nitrogens with one attached hydrogen (secondary N) is 1. The Balaban J connectivity index is 2.79. The molecule has 0 aliphatic carbocycles. The number of carboxylic acid groups (broad SMARTS) is 1. The van der Waals surface area contributed by atoms with Gasteiger partial charge in [0.2, 0.25) is 5.91 Å². The van der Waals surface area contributed by atoms with Crippen LogP contribution in [0, 0.1) is 0 Å². The van der Waals surface area contributed by atoms with Crippen molar-refractivity contribution in [1.29, 1.82) is 0 Å². The molecule has 1 aliphatic heterocycles. The zero-order chi connectivity index (χ0) is 12.5. The number of carbonyl (C=O) groups is 2. The first-order valence-electron chi connectivity index (χ1n) is 4.61. The molecule has 0 aromatic heterocycles. The highest BCUT2D eigenvalue weighted by atomic mass is 16.6. The van der Waals surface area contributed by atoms with Gasteiger partial charge in [-0.25, -0.2) is 4.79 Å². The summed E-state index contributed by atoms with van der Waals surface area (Å²) in [5.41, 5.74) is 5.52. The molecule has 1 amide bonds. The van der Waals surface area contributed by atoms with Crippen LogP contribution < -0.4 is 11.1 Å². The summed E-state index contributed by atoms with van der Waals surface area (Å²) in [7, 11) is 0. The van der Waals surface area contributed by atoms with Gasteiger partial charge in [-0.05, 0) is 0 Å². The molecule has 1 aliphatic rings. The van der Waals surface area contributed by atoms with Crippen LogP contribution in [-0.4, -0.2) is 57.8 Å². The highest BCUT2D eigenvalue weighted by molar-refractivity contribution is 5.74. The predicted octanol–water partition coefficient (Wildman–Crippen LogP) is -3.02. The molecule has 0 saturated carbocycles. The Morgan fingerprint density at radius 1 is 1.38 bits per heavy atom. The molecular weight excluding hydrogens is 220 g/mol. The maximum atomic E-state index is 10.8. The van der Waals surface area contributed by atoms with Crippen LogP contribution in [0.1, 0.15) is 6.92 Å². The second-order valence-corrected chi connectivity index (χ2v) is 3.58. The van der Waals surface area contributed by atoms with Gasteiger partial charge in [0, 0.05) is 6.92 Å². The van der Waals surface area contributed by atoms with E-state index in [-0.39, 0.29) is 0 Å². The number of ether oxygens (including phenoxy) is 1. The van der Waals surface area contributed by atoms with Gasteiger partial charge in [-0.1, -0.05) is 0 Å². The second-order valence-electron chi connectivity index (χ2n) is 3.58. The van der Waals surface area contributed by atoms with E-state index >= 15 is 0 Å². The lowest BCUT2D eigenvalue weighted by Crippen LogP contribution is -2.67. The quantitative estimate of drug-likeness (QED) is 0.342. The van der Waals surface area contributed by atoms with Crippen molar-refractivity contribution < 1.29 is 29.6 Å². The smallest absolute Gasteiger partial charge is 0.335 e. The van der Waals surface area contributed by atoms with Crippen LogP contribution in [0.2, 0.25) is 0 Å². The number of nitrogens with two attached hydrogens (primary N) is 1. The predicted molar refractivity (Wildman–Crippen MR) is 50.1 cm³/mol. The number of hydrogen-bond acceptors (Lipinski definition) is 6. The summed E-state index contributed by atoms with van der Waals surface area (Å²) in [6.45, 7) is 1.20. The fraction of sp³-hybridized carbons (Fsp3) is 0.750. The third-order valence-corrected chi connectivity index (χ3v) is 2.33. The zero-order valence-electron chi connectivity index (χ0n) is 8.53. The van der Waals surface area contributed by atoms with Gasteiger partial charge >= 0.3 is 5.97 Å². The summed E-state index contributed by atoms with van der Waals surface area (Å²) >= 11 is 0. The van der Waals surface area contributed by atoms with E-state index in [2.05, 4.69) is 10.1 Å². The molecule has 1 fully saturated rings. The number of amides is 1. The van der Waals surface area contributed by atoms with Gasteiger partial charge in [-0.2, -0.15) is 0 Å². The minimum Gasteiger partial charge on any atom is -0.479 e. The molecule has 1 heterocycles. The lowest BCUT2D eigenvalue weighted by Gasteiger charge is -2.39. The van der Waals surface area contributed by atoms with E-state index in [1.807, 2.05) is 0 Å². The van der Waals surface area contributed by atoms with E-state index in [0.29, 0.717) is 0 Å². The molecule has 0 radical (unpaired) electrons. The van der Waals surface area contributed by atoms with Crippen molar-refractivity contribution in [2.75, 3.05) is 0 Å². The van der Waals surface area contributed by atoms with Crippen LogP contribution in [0.25, 0.3) is 0 Å². The van der Waals surface area contributed by atoms with Crippen LogP contribution in [0.15, 0.2) is 0 Å². The number of hydrogen-bond donors (Lipinski definition) is 5. The zero-order valence-corrected chi connectivity index (χ0v) is 8.53. The Hall–Kier alpha value is -1.22. The van der Waals surface area contributed by atoms with Gasteiger partial charge in [0.25, 0.3) is 0 Å². The standard InChI is InChI=1S/C8H14N2O6/c1-2(11)10-4-3(9)5(12)6(7(13)14)16-8(4)15/h3-6,8,12,15H,9H2,1H3,(H,10,11)(H,13,14)/t3-,4-,5+,6+,8+/m1/s1. The summed E-state index contributed by atoms with van der Waals surface area (Å²) in [6, 6.07) is -2.16. The summed E-state index contributed by atoms with van der Waals surface area (Å²) in [6.07, 6.45) is -4.67. The van der Waals surface area contributed by atoms with E-state index < -0.39 is 42.5 Å². The number of rotatable bonds is 2. The summed E-state index contributed by atoms with van der Waals surface area (Å²) in [5, 5.41) is 29.9. The Bertz CT molecular complexity index is 296. The molecule has 8 heteroatoms. The maximum absolute atomic E-state index is 10.8. The molecule has 0 aromatic carbocycles. The van der Waals surface area contributed by atoms with Crippen molar-refractivity contribution in [2.24, 2.45) is 5.73 Å². The fourth-order valence-electron chi connectivity index (χ4n) is 1.53. The van der Waals surface area contributed by atoms with Gasteiger partial charge < -0.3 is 31.1 Å². The highest BCUT2D eigenvalue weighted by Crippen LogP contribution is 2.18. The molecule has 1 rings (SSSR count). The van der Waals surface area contributed by atoms with Crippen LogP contribution >= 0.6 is 0 Å². The number of carbonyl (C=O) groups excluding carboxylic acids is 1. The largest absolute Gasteiger partial charge is 0.479 e. The minimum atomic E-state index is -1.60. The van der Waals surface area contributed by atoms with Crippen molar-refractivity contribution in [1.82, 2.24) is 5.32 Å². The molecule has 0 bridgehead atoms. The highest BCUT2D eigenvalue weighted by Gasteiger charge is 2.46. The SMILES string of the molecule is CC(=O)N[C@@H]1[C@@H](N)[C@H](O)[C@@H](C(=O)O)O[C@@H]1O. The molecule has 0 spiro atoms. The average molecular weight is 234 g/mol. The molecule has 5 atom stereocenters. The molecule has 92 valence electrons. The Morgan fingerprint density at radius 3 is 2.38 bits per heavy atom. The number of carboxylic acids is 1. The van der Waals surface area contributed by atoms with Gasteiger partial charge in [-0.3, -0.25) is 4.79 Å². The number of aliphatic hydroxyl groups is 2. The van der Waals surface area contributed by atoms with E-state index in [4.69, 9.17) is 10.8 Å². The van der Waals surface area contributed by atoms with Crippen molar-refractivity contribution >= 4 is 11.9 Å². The monoisotopic (exact) mass is 234 g/mol. The normalized spacial score (nSPS) is 39.1. The first kappa shape index (κ1) is 12.8. The van der Waals surface area contributed by atoms with E-state index in [9.17, 15) is 19.8 Å². The average Bonchev–Trinajstić information content (AvgIpc) is 2.17. The van der Waals surface area contributed by atoms with Gasteiger partial charge in [0.05, 0.1) is 12.1 Å². The van der Waals surface area contributed by atoms with Gasteiger partial charge in [0.15, 0.2) is 12.4 Å². The molecule has 16 heavy (non-hydrogen) atoms. The molecule has 1 saturated heterocycles. The maximum Gasteiger partial charge on any atom is 0.335 e. The third kappa shape index (κ3) is 2.47. The van der Waals surface area contributed by atoms with E-state index in [1.165, 1.54) is 6.92 Å². The van der Waals surface area contributed by atoms with E-state index in [0.717, 1.165) is 0 Å². The van der Waals surface area contributed by atoms with Crippen LogP contribution in [0.4, 0.5) is 0 Å². The second kappa shape index (κ2) is 4.74. The van der Waals surface area contributed by atoms with Crippen LogP contribution in [0.5, 0.6) is 0 Å². The summed E-state index contributed by atoms with van der Waals surface area (Å²) in [4.78, 5) is 21.4. The lowest BCUT2D eigenvalue weighted by atomic mass is 9.95. The third-order valence-electron chi connectivity index (χ3n) is 2.33. The Labute approximate surface area is 91.0 Å². The molecule has 6 N–H and O–H groups in total. The van der Waals surface area contributed by atoms with Crippen LogP contribution in [0.3, 0.4) is 0 Å². The lowest BCUT2D eigenvalue weighted by molar-refractivity contribution is -0.226. The molecular formula is C8H14N2O6.